The number of amides is 2. The first-order valence-corrected chi connectivity index (χ1v) is 7.43. The molecule has 2 N–H and O–H groups in total. The molecule has 0 aliphatic carbocycles. The van der Waals surface area contributed by atoms with Crippen LogP contribution in [-0.2, 0) is 6.54 Å². The zero-order valence-corrected chi connectivity index (χ0v) is 13.3. The second kappa shape index (κ2) is 7.50. The van der Waals surface area contributed by atoms with E-state index in [1.807, 2.05) is 63.2 Å². The van der Waals surface area contributed by atoms with Gasteiger partial charge in [-0.3, -0.25) is 0 Å². The van der Waals surface area contributed by atoms with Crippen LogP contribution in [0, 0.1) is 13.8 Å². The van der Waals surface area contributed by atoms with Gasteiger partial charge in [-0.2, -0.15) is 0 Å². The van der Waals surface area contributed by atoms with Gasteiger partial charge in [0.05, 0.1) is 6.61 Å². The van der Waals surface area contributed by atoms with Gasteiger partial charge in [-0.25, -0.2) is 4.79 Å². The van der Waals surface area contributed by atoms with E-state index in [4.69, 9.17) is 4.74 Å². The molecule has 4 nitrogen and oxygen atoms in total. The van der Waals surface area contributed by atoms with Gasteiger partial charge in [-0.05, 0) is 38.5 Å². The van der Waals surface area contributed by atoms with Crippen molar-refractivity contribution in [3.05, 3.63) is 59.2 Å². The number of para-hydroxylation sites is 1. The molecule has 22 heavy (non-hydrogen) atoms. The number of hydrogen-bond donors (Lipinski definition) is 2. The van der Waals surface area contributed by atoms with Gasteiger partial charge in [0.2, 0.25) is 0 Å². The summed E-state index contributed by atoms with van der Waals surface area (Å²) < 4.78 is 5.55. The summed E-state index contributed by atoms with van der Waals surface area (Å²) in [6, 6.07) is 13.4. The zero-order valence-electron chi connectivity index (χ0n) is 13.3. The molecule has 2 amide bonds. The monoisotopic (exact) mass is 298 g/mol. The van der Waals surface area contributed by atoms with E-state index in [2.05, 4.69) is 10.6 Å². The average molecular weight is 298 g/mol. The summed E-state index contributed by atoms with van der Waals surface area (Å²) in [5.74, 6) is 0.803. The molecule has 0 aliphatic rings. The zero-order chi connectivity index (χ0) is 15.9. The molecule has 0 aromatic heterocycles. The van der Waals surface area contributed by atoms with Crippen molar-refractivity contribution in [3.8, 4) is 5.75 Å². The van der Waals surface area contributed by atoms with Gasteiger partial charge in [0.15, 0.2) is 0 Å². The lowest BCUT2D eigenvalue weighted by molar-refractivity contribution is 0.251. The van der Waals surface area contributed by atoms with Crippen LogP contribution in [0.1, 0.15) is 23.6 Å². The van der Waals surface area contributed by atoms with Crippen molar-refractivity contribution in [2.75, 3.05) is 11.9 Å². The first-order valence-electron chi connectivity index (χ1n) is 7.43. The van der Waals surface area contributed by atoms with Crippen LogP contribution in [0.4, 0.5) is 10.5 Å². The Hall–Kier alpha value is -2.49. The third kappa shape index (κ3) is 4.25. The average Bonchev–Trinajstić information content (AvgIpc) is 2.49. The fraction of sp³-hybridized carbons (Fsp3) is 0.278. The standard InChI is InChI=1S/C18H22N2O2/c1-4-22-17-8-6-5-7-15(17)12-19-18(21)20-16-10-9-13(2)11-14(16)3/h5-11H,4,12H2,1-3H3,(H2,19,20,21). The summed E-state index contributed by atoms with van der Waals surface area (Å²) in [6.07, 6.45) is 0. The summed E-state index contributed by atoms with van der Waals surface area (Å²) in [5.41, 5.74) is 4.00. The Morgan fingerprint density at radius 1 is 1.14 bits per heavy atom. The number of carbonyl (C=O) groups excluding carboxylic acids is 1. The lowest BCUT2D eigenvalue weighted by Gasteiger charge is -2.13. The Balaban J connectivity index is 1.95. The van der Waals surface area contributed by atoms with Crippen molar-refractivity contribution < 1.29 is 9.53 Å². The number of hydrogen-bond acceptors (Lipinski definition) is 2. The molecule has 0 heterocycles. The smallest absolute Gasteiger partial charge is 0.319 e. The summed E-state index contributed by atoms with van der Waals surface area (Å²) in [5, 5.41) is 5.73. The number of urea groups is 1. The van der Waals surface area contributed by atoms with Crippen LogP contribution in [0.15, 0.2) is 42.5 Å². The fourth-order valence-corrected chi connectivity index (χ4v) is 2.24. The van der Waals surface area contributed by atoms with Crippen molar-refractivity contribution in [2.24, 2.45) is 0 Å². The molecule has 0 saturated heterocycles. The third-order valence-corrected chi connectivity index (χ3v) is 3.34. The Kier molecular flexibility index (Phi) is 5.42. The minimum absolute atomic E-state index is 0.224. The lowest BCUT2D eigenvalue weighted by atomic mass is 10.1. The van der Waals surface area contributed by atoms with Crippen LogP contribution in [0.2, 0.25) is 0 Å². The van der Waals surface area contributed by atoms with Crippen molar-refractivity contribution >= 4 is 11.7 Å². The van der Waals surface area contributed by atoms with E-state index >= 15 is 0 Å². The summed E-state index contributed by atoms with van der Waals surface area (Å²) in [7, 11) is 0. The summed E-state index contributed by atoms with van der Waals surface area (Å²) >= 11 is 0. The molecule has 0 bridgehead atoms. The molecule has 0 saturated carbocycles. The highest BCUT2D eigenvalue weighted by molar-refractivity contribution is 5.90. The molecule has 2 aromatic carbocycles. The number of aryl methyl sites for hydroxylation is 2. The van der Waals surface area contributed by atoms with Gasteiger partial charge < -0.3 is 15.4 Å². The van der Waals surface area contributed by atoms with Crippen LogP contribution >= 0.6 is 0 Å². The maximum absolute atomic E-state index is 12.0. The van der Waals surface area contributed by atoms with Crippen LogP contribution in [0.5, 0.6) is 5.75 Å². The van der Waals surface area contributed by atoms with E-state index in [0.717, 1.165) is 22.6 Å². The number of ether oxygens (including phenoxy) is 1. The topological polar surface area (TPSA) is 50.4 Å². The lowest BCUT2D eigenvalue weighted by Crippen LogP contribution is -2.28. The molecule has 0 unspecified atom stereocenters. The molecule has 0 spiro atoms. The van der Waals surface area contributed by atoms with E-state index in [-0.39, 0.29) is 6.03 Å². The quantitative estimate of drug-likeness (QED) is 0.875. The predicted octanol–water partition coefficient (Wildman–Crippen LogP) is 4.02. The maximum atomic E-state index is 12.0. The Bertz CT molecular complexity index is 653. The molecule has 0 atom stereocenters. The van der Waals surface area contributed by atoms with E-state index in [9.17, 15) is 4.79 Å². The fourth-order valence-electron chi connectivity index (χ4n) is 2.24. The predicted molar refractivity (Wildman–Crippen MR) is 89.4 cm³/mol. The summed E-state index contributed by atoms with van der Waals surface area (Å²) in [4.78, 5) is 12.0. The van der Waals surface area contributed by atoms with Crippen LogP contribution in [-0.4, -0.2) is 12.6 Å². The number of carbonyl (C=O) groups is 1. The largest absolute Gasteiger partial charge is 0.494 e. The normalized spacial score (nSPS) is 10.1. The number of nitrogens with one attached hydrogen (secondary N) is 2. The first kappa shape index (κ1) is 15.9. The third-order valence-electron chi connectivity index (χ3n) is 3.34. The minimum atomic E-state index is -0.224. The second-order valence-electron chi connectivity index (χ2n) is 5.17. The van der Waals surface area contributed by atoms with Crippen molar-refractivity contribution in [1.82, 2.24) is 5.32 Å². The van der Waals surface area contributed by atoms with E-state index in [1.54, 1.807) is 0 Å². The SMILES string of the molecule is CCOc1ccccc1CNC(=O)Nc1ccc(C)cc1C. The van der Waals surface area contributed by atoms with Gasteiger partial charge in [0, 0.05) is 17.8 Å². The van der Waals surface area contributed by atoms with Crippen molar-refractivity contribution in [2.45, 2.75) is 27.3 Å². The highest BCUT2D eigenvalue weighted by Gasteiger charge is 2.07. The molecule has 2 aromatic rings. The second-order valence-corrected chi connectivity index (χ2v) is 5.17. The summed E-state index contributed by atoms with van der Waals surface area (Å²) in [6.45, 7) is 6.98. The van der Waals surface area contributed by atoms with Gasteiger partial charge in [-0.1, -0.05) is 35.9 Å². The van der Waals surface area contributed by atoms with Crippen LogP contribution in [0.3, 0.4) is 0 Å². The Morgan fingerprint density at radius 2 is 1.91 bits per heavy atom. The highest BCUT2D eigenvalue weighted by atomic mass is 16.5. The number of rotatable bonds is 5. The molecular weight excluding hydrogens is 276 g/mol. The molecule has 0 radical (unpaired) electrons. The van der Waals surface area contributed by atoms with Crippen LogP contribution in [0.25, 0.3) is 0 Å². The van der Waals surface area contributed by atoms with E-state index in [1.165, 1.54) is 5.56 Å². The highest BCUT2D eigenvalue weighted by Crippen LogP contribution is 2.18. The molecule has 2 rings (SSSR count). The van der Waals surface area contributed by atoms with E-state index in [0.29, 0.717) is 13.2 Å². The Labute approximate surface area is 131 Å². The van der Waals surface area contributed by atoms with Gasteiger partial charge in [0.25, 0.3) is 0 Å². The molecule has 0 fully saturated rings. The molecular formula is C18H22N2O2. The van der Waals surface area contributed by atoms with Crippen molar-refractivity contribution in [3.63, 3.8) is 0 Å². The van der Waals surface area contributed by atoms with E-state index < -0.39 is 0 Å². The Morgan fingerprint density at radius 3 is 2.64 bits per heavy atom. The van der Waals surface area contributed by atoms with Crippen molar-refractivity contribution in [1.29, 1.82) is 0 Å². The van der Waals surface area contributed by atoms with Crippen LogP contribution < -0.4 is 15.4 Å². The van der Waals surface area contributed by atoms with Gasteiger partial charge in [0.1, 0.15) is 5.75 Å². The van der Waals surface area contributed by atoms with Gasteiger partial charge in [-0.15, -0.1) is 0 Å². The molecule has 0 aliphatic heterocycles. The minimum Gasteiger partial charge on any atom is -0.494 e. The maximum Gasteiger partial charge on any atom is 0.319 e. The van der Waals surface area contributed by atoms with Gasteiger partial charge >= 0.3 is 6.03 Å². The molecule has 4 heteroatoms. The molecule has 116 valence electrons. The number of anilines is 1. The number of benzene rings is 2. The first-order chi connectivity index (χ1) is 10.6.